The van der Waals surface area contributed by atoms with E-state index in [-0.39, 0.29) is 5.54 Å². The molecule has 0 aromatic carbocycles. The molecule has 0 amide bonds. The molecule has 0 heterocycles. The third-order valence-electron chi connectivity index (χ3n) is 2.00. The van der Waals surface area contributed by atoms with E-state index >= 15 is 0 Å². The molecule has 1 aliphatic carbocycles. The first kappa shape index (κ1) is 7.35. The van der Waals surface area contributed by atoms with Gasteiger partial charge in [0.15, 0.2) is 0 Å². The highest BCUT2D eigenvalue weighted by Crippen LogP contribution is 2.23. The van der Waals surface area contributed by atoms with Crippen LogP contribution < -0.4 is 5.73 Å². The fraction of sp³-hybridized carbons (Fsp3) is 0.500. The molecular formula is C8H13NO. The molecule has 2 nitrogen and oxygen atoms in total. The molecule has 0 bridgehead atoms. The highest BCUT2D eigenvalue weighted by atomic mass is 16.3. The Bertz CT molecular complexity index is 201. The number of allylic oxidation sites excluding steroid dienone is 1. The van der Waals surface area contributed by atoms with Crippen molar-refractivity contribution in [3.8, 4) is 0 Å². The van der Waals surface area contributed by atoms with Crippen LogP contribution in [0.1, 0.15) is 20.3 Å². The second kappa shape index (κ2) is 2.13. The number of hydrogen-bond acceptors (Lipinski definition) is 2. The highest BCUT2D eigenvalue weighted by Gasteiger charge is 2.22. The highest BCUT2D eigenvalue weighted by molar-refractivity contribution is 5.30. The van der Waals surface area contributed by atoms with E-state index in [1.807, 2.05) is 13.8 Å². The third-order valence-corrected chi connectivity index (χ3v) is 2.00. The molecule has 2 heteroatoms. The van der Waals surface area contributed by atoms with Gasteiger partial charge in [0.1, 0.15) is 5.76 Å². The number of nitrogens with two attached hydrogens (primary N) is 1. The normalized spacial score (nSPS) is 33.1. The fourth-order valence-electron chi connectivity index (χ4n) is 0.923. The minimum Gasteiger partial charge on any atom is -0.508 e. The second-order valence-corrected chi connectivity index (χ2v) is 3.08. The van der Waals surface area contributed by atoms with Crippen molar-refractivity contribution in [1.82, 2.24) is 0 Å². The van der Waals surface area contributed by atoms with Crippen molar-refractivity contribution < 1.29 is 5.11 Å². The van der Waals surface area contributed by atoms with Gasteiger partial charge < -0.3 is 10.8 Å². The molecule has 0 aromatic heterocycles. The largest absolute Gasteiger partial charge is 0.508 e. The number of hydrogen-bond donors (Lipinski definition) is 2. The van der Waals surface area contributed by atoms with Gasteiger partial charge >= 0.3 is 0 Å². The monoisotopic (exact) mass is 139 g/mol. The number of aliphatic hydroxyl groups excluding tert-OH is 1. The van der Waals surface area contributed by atoms with Crippen molar-refractivity contribution in [2.45, 2.75) is 25.8 Å². The Morgan fingerprint density at radius 3 is 2.70 bits per heavy atom. The summed E-state index contributed by atoms with van der Waals surface area (Å²) in [6.45, 7) is 3.89. The van der Waals surface area contributed by atoms with Crippen molar-refractivity contribution in [3.05, 3.63) is 23.5 Å². The lowest BCUT2D eigenvalue weighted by Crippen LogP contribution is -2.38. The summed E-state index contributed by atoms with van der Waals surface area (Å²) in [6.07, 6.45) is 4.18. The lowest BCUT2D eigenvalue weighted by Gasteiger charge is -2.27. The Labute approximate surface area is 61.0 Å². The number of rotatable bonds is 0. The van der Waals surface area contributed by atoms with E-state index in [2.05, 4.69) is 0 Å². The van der Waals surface area contributed by atoms with Gasteiger partial charge in [-0.15, -0.1) is 0 Å². The van der Waals surface area contributed by atoms with E-state index in [0.29, 0.717) is 5.76 Å². The molecule has 1 atom stereocenters. The Kier molecular flexibility index (Phi) is 1.57. The molecule has 10 heavy (non-hydrogen) atoms. The minimum atomic E-state index is -0.258. The minimum absolute atomic E-state index is 0.258. The Balaban J connectivity index is 2.88. The van der Waals surface area contributed by atoms with Gasteiger partial charge in [-0.1, -0.05) is 0 Å². The van der Waals surface area contributed by atoms with E-state index in [0.717, 1.165) is 12.0 Å². The van der Waals surface area contributed by atoms with Crippen LogP contribution in [0.4, 0.5) is 0 Å². The van der Waals surface area contributed by atoms with E-state index < -0.39 is 0 Å². The summed E-state index contributed by atoms with van der Waals surface area (Å²) in [5.41, 5.74) is 6.64. The molecule has 1 rings (SSSR count). The fourth-order valence-corrected chi connectivity index (χ4v) is 0.923. The molecule has 0 aliphatic heterocycles. The van der Waals surface area contributed by atoms with Gasteiger partial charge in [0.25, 0.3) is 0 Å². The van der Waals surface area contributed by atoms with Gasteiger partial charge in [0.05, 0.1) is 0 Å². The first-order valence-electron chi connectivity index (χ1n) is 3.39. The van der Waals surface area contributed by atoms with Crippen LogP contribution >= 0.6 is 0 Å². The zero-order valence-corrected chi connectivity index (χ0v) is 6.39. The zero-order chi connectivity index (χ0) is 7.78. The van der Waals surface area contributed by atoms with Gasteiger partial charge in [-0.2, -0.15) is 0 Å². The SMILES string of the molecule is CC1=CC(O)=CCC1(C)N. The average Bonchev–Trinajstić information content (AvgIpc) is 1.81. The molecule has 56 valence electrons. The standard InChI is InChI=1S/C8H13NO/c1-6-5-7(10)3-4-8(6,2)9/h3,5,10H,4,9H2,1-2H3. The molecular weight excluding hydrogens is 126 g/mol. The first-order chi connectivity index (χ1) is 4.52. The predicted octanol–water partition coefficient (Wildman–Crippen LogP) is 1.50. The van der Waals surface area contributed by atoms with Crippen LogP contribution in [0.5, 0.6) is 0 Å². The molecule has 0 saturated carbocycles. The van der Waals surface area contributed by atoms with Gasteiger partial charge in [-0.05, 0) is 38.0 Å². The summed E-state index contributed by atoms with van der Waals surface area (Å²) < 4.78 is 0. The molecule has 0 saturated heterocycles. The van der Waals surface area contributed by atoms with Gasteiger partial charge in [0, 0.05) is 5.54 Å². The molecule has 1 aliphatic rings. The zero-order valence-electron chi connectivity index (χ0n) is 6.39. The van der Waals surface area contributed by atoms with Crippen molar-refractivity contribution in [1.29, 1.82) is 0 Å². The van der Waals surface area contributed by atoms with Crippen molar-refractivity contribution >= 4 is 0 Å². The van der Waals surface area contributed by atoms with Gasteiger partial charge in [0.2, 0.25) is 0 Å². The van der Waals surface area contributed by atoms with E-state index in [1.165, 1.54) is 0 Å². The summed E-state index contributed by atoms with van der Waals surface area (Å²) >= 11 is 0. The quantitative estimate of drug-likeness (QED) is 0.534. The van der Waals surface area contributed by atoms with Crippen molar-refractivity contribution in [2.75, 3.05) is 0 Å². The lowest BCUT2D eigenvalue weighted by atomic mass is 9.86. The Morgan fingerprint density at radius 2 is 2.30 bits per heavy atom. The summed E-state index contributed by atoms with van der Waals surface area (Å²) in [5, 5.41) is 9.04. The molecule has 0 spiro atoms. The van der Waals surface area contributed by atoms with Crippen LogP contribution in [-0.2, 0) is 0 Å². The average molecular weight is 139 g/mol. The summed E-state index contributed by atoms with van der Waals surface area (Å²) in [4.78, 5) is 0. The third kappa shape index (κ3) is 1.21. The Hall–Kier alpha value is -0.760. The maximum Gasteiger partial charge on any atom is 0.111 e. The maximum absolute atomic E-state index is 9.04. The van der Waals surface area contributed by atoms with E-state index in [1.54, 1.807) is 12.2 Å². The molecule has 1 unspecified atom stereocenters. The van der Waals surface area contributed by atoms with Gasteiger partial charge in [-0.3, -0.25) is 0 Å². The molecule has 0 fully saturated rings. The van der Waals surface area contributed by atoms with Crippen LogP contribution in [0.25, 0.3) is 0 Å². The van der Waals surface area contributed by atoms with Gasteiger partial charge in [-0.25, -0.2) is 0 Å². The molecule has 3 N–H and O–H groups in total. The van der Waals surface area contributed by atoms with Crippen LogP contribution in [0.2, 0.25) is 0 Å². The Morgan fingerprint density at radius 1 is 1.70 bits per heavy atom. The van der Waals surface area contributed by atoms with Crippen LogP contribution in [0.3, 0.4) is 0 Å². The van der Waals surface area contributed by atoms with Crippen LogP contribution in [-0.4, -0.2) is 10.6 Å². The summed E-state index contributed by atoms with van der Waals surface area (Å²) in [7, 11) is 0. The number of aliphatic hydroxyl groups is 1. The summed E-state index contributed by atoms with van der Waals surface area (Å²) in [6, 6.07) is 0. The second-order valence-electron chi connectivity index (χ2n) is 3.08. The van der Waals surface area contributed by atoms with Crippen molar-refractivity contribution in [3.63, 3.8) is 0 Å². The van der Waals surface area contributed by atoms with E-state index in [4.69, 9.17) is 10.8 Å². The maximum atomic E-state index is 9.04. The first-order valence-corrected chi connectivity index (χ1v) is 3.39. The van der Waals surface area contributed by atoms with E-state index in [9.17, 15) is 0 Å². The van der Waals surface area contributed by atoms with Crippen LogP contribution in [0, 0.1) is 0 Å². The van der Waals surface area contributed by atoms with Crippen molar-refractivity contribution in [2.24, 2.45) is 5.73 Å². The molecule has 0 radical (unpaired) electrons. The lowest BCUT2D eigenvalue weighted by molar-refractivity contribution is 0.411. The molecule has 0 aromatic rings. The predicted molar refractivity (Wildman–Crippen MR) is 41.7 cm³/mol. The summed E-state index contributed by atoms with van der Waals surface area (Å²) in [5.74, 6) is 0.334. The van der Waals surface area contributed by atoms with Crippen LogP contribution in [0.15, 0.2) is 23.5 Å². The topological polar surface area (TPSA) is 46.2 Å². The smallest absolute Gasteiger partial charge is 0.111 e.